The van der Waals surface area contributed by atoms with Crippen LogP contribution in [0.25, 0.3) is 0 Å². The highest BCUT2D eigenvalue weighted by Gasteiger charge is 2.03. The zero-order valence-electron chi connectivity index (χ0n) is 10.1. The second-order valence-corrected chi connectivity index (χ2v) is 4.19. The van der Waals surface area contributed by atoms with Gasteiger partial charge in [-0.05, 0) is 55.5 Å². The molecule has 0 heteroatoms. The van der Waals surface area contributed by atoms with Gasteiger partial charge in [0.25, 0.3) is 0 Å². The normalized spacial score (nSPS) is 10.0. The van der Waals surface area contributed by atoms with Crippen molar-refractivity contribution in [1.82, 2.24) is 0 Å². The van der Waals surface area contributed by atoms with E-state index in [2.05, 4.69) is 38.8 Å². The van der Waals surface area contributed by atoms with Gasteiger partial charge in [-0.25, -0.2) is 0 Å². The number of hydrogen-bond acceptors (Lipinski definition) is 0. The first-order chi connectivity index (χ1) is 7.19. The largest absolute Gasteiger partial charge is 0.115 e. The first kappa shape index (κ1) is 11.9. The summed E-state index contributed by atoms with van der Waals surface area (Å²) in [6.07, 6.45) is 10.5. The summed E-state index contributed by atoms with van der Waals surface area (Å²) in [6, 6.07) is 4.24. The van der Waals surface area contributed by atoms with Crippen molar-refractivity contribution < 1.29 is 0 Å². The van der Waals surface area contributed by atoms with E-state index in [-0.39, 0.29) is 0 Å². The molecule has 0 aliphatic carbocycles. The van der Waals surface area contributed by atoms with Crippen LogP contribution in [0.15, 0.2) is 12.1 Å². The molecule has 0 aromatic heterocycles. The molecular weight excluding hydrogens is 180 g/mol. The third-order valence-electron chi connectivity index (χ3n) is 2.89. The van der Waals surface area contributed by atoms with Gasteiger partial charge in [0.05, 0.1) is 0 Å². The quantitative estimate of drug-likeness (QED) is 0.508. The maximum absolute atomic E-state index is 5.41. The van der Waals surface area contributed by atoms with Gasteiger partial charge in [0.2, 0.25) is 0 Å². The van der Waals surface area contributed by atoms with Gasteiger partial charge in [0.1, 0.15) is 0 Å². The predicted octanol–water partition coefficient (Wildman–Crippen LogP) is 4.02. The summed E-state index contributed by atoms with van der Waals surface area (Å²) in [5.41, 5.74) is 5.18. The second kappa shape index (κ2) is 5.61. The van der Waals surface area contributed by atoms with Crippen molar-refractivity contribution in [1.29, 1.82) is 0 Å². The fourth-order valence-corrected chi connectivity index (χ4v) is 2.02. The maximum Gasteiger partial charge on any atom is 0.0248 e. The van der Waals surface area contributed by atoms with Crippen LogP contribution in [-0.4, -0.2) is 0 Å². The van der Waals surface area contributed by atoms with E-state index < -0.39 is 0 Å². The average Bonchev–Trinajstić information content (AvgIpc) is 2.22. The molecule has 0 heterocycles. The third kappa shape index (κ3) is 3.13. The molecule has 0 aliphatic rings. The van der Waals surface area contributed by atoms with Gasteiger partial charge in [-0.1, -0.05) is 25.7 Å². The van der Waals surface area contributed by atoms with Crippen molar-refractivity contribution in [2.45, 2.75) is 46.5 Å². The summed E-state index contributed by atoms with van der Waals surface area (Å²) < 4.78 is 0. The van der Waals surface area contributed by atoms with E-state index in [1.165, 1.54) is 42.4 Å². The van der Waals surface area contributed by atoms with Crippen LogP contribution in [0, 0.1) is 26.2 Å². The Bertz CT molecular complexity index is 343. The lowest BCUT2D eigenvalue weighted by atomic mass is 9.95. The van der Waals surface area contributed by atoms with Crippen LogP contribution in [0.3, 0.4) is 0 Å². The lowest BCUT2D eigenvalue weighted by molar-refractivity contribution is 0.713. The Morgan fingerprint density at radius 2 is 1.73 bits per heavy atom. The molecular formula is C15H20. The Labute approximate surface area is 93.7 Å². The van der Waals surface area contributed by atoms with E-state index in [4.69, 9.17) is 6.42 Å². The molecule has 0 atom stereocenters. The summed E-state index contributed by atoms with van der Waals surface area (Å²) >= 11 is 0. The van der Waals surface area contributed by atoms with E-state index in [9.17, 15) is 0 Å². The average molecular weight is 200 g/mol. The first-order valence-corrected chi connectivity index (χ1v) is 5.75. The van der Waals surface area contributed by atoms with Crippen molar-refractivity contribution in [3.05, 3.63) is 34.4 Å². The van der Waals surface area contributed by atoms with Crippen molar-refractivity contribution in [3.63, 3.8) is 0 Å². The monoisotopic (exact) mass is 200 g/mol. The van der Waals surface area contributed by atoms with Crippen LogP contribution in [0.4, 0.5) is 0 Å². The standard InChI is InChI=1S/C15H20/c1-5-7-8-9-15-12(3)10-14(6-2)11-13(15)4/h2,10-11H,5,7-9H2,1,3-4H3. The van der Waals surface area contributed by atoms with Crippen molar-refractivity contribution in [2.24, 2.45) is 0 Å². The van der Waals surface area contributed by atoms with Crippen LogP contribution in [-0.2, 0) is 6.42 Å². The van der Waals surface area contributed by atoms with Gasteiger partial charge in [-0.3, -0.25) is 0 Å². The number of benzene rings is 1. The number of aryl methyl sites for hydroxylation is 2. The van der Waals surface area contributed by atoms with Crippen LogP contribution in [0.1, 0.15) is 48.4 Å². The SMILES string of the molecule is C#Cc1cc(C)c(CCCCC)c(C)c1. The van der Waals surface area contributed by atoms with Crippen molar-refractivity contribution >= 4 is 0 Å². The summed E-state index contributed by atoms with van der Waals surface area (Å²) in [4.78, 5) is 0. The zero-order chi connectivity index (χ0) is 11.3. The smallest absolute Gasteiger partial charge is 0.0248 e. The molecule has 0 amide bonds. The molecule has 1 aromatic carbocycles. The number of rotatable bonds is 4. The number of unbranched alkanes of at least 4 members (excludes halogenated alkanes) is 2. The van der Waals surface area contributed by atoms with Crippen LogP contribution in [0.5, 0.6) is 0 Å². The van der Waals surface area contributed by atoms with Gasteiger partial charge in [0.15, 0.2) is 0 Å². The summed E-state index contributed by atoms with van der Waals surface area (Å²) in [5, 5.41) is 0. The molecule has 0 saturated carbocycles. The van der Waals surface area contributed by atoms with Gasteiger partial charge < -0.3 is 0 Å². The minimum Gasteiger partial charge on any atom is -0.115 e. The molecule has 0 N–H and O–H groups in total. The molecule has 0 aliphatic heterocycles. The fourth-order valence-electron chi connectivity index (χ4n) is 2.02. The molecule has 0 fully saturated rings. The van der Waals surface area contributed by atoms with E-state index in [1.54, 1.807) is 0 Å². The summed E-state index contributed by atoms with van der Waals surface area (Å²) in [6.45, 7) is 6.56. The highest BCUT2D eigenvalue weighted by Crippen LogP contribution is 2.18. The fraction of sp³-hybridized carbons (Fsp3) is 0.467. The van der Waals surface area contributed by atoms with Crippen molar-refractivity contribution in [2.75, 3.05) is 0 Å². The zero-order valence-corrected chi connectivity index (χ0v) is 10.1. The topological polar surface area (TPSA) is 0 Å². The Balaban J connectivity index is 2.85. The van der Waals surface area contributed by atoms with Crippen LogP contribution in [0.2, 0.25) is 0 Å². The Hall–Kier alpha value is -1.22. The molecule has 80 valence electrons. The van der Waals surface area contributed by atoms with E-state index in [0.29, 0.717) is 0 Å². The highest BCUT2D eigenvalue weighted by molar-refractivity contribution is 5.44. The minimum absolute atomic E-state index is 1.00. The molecule has 0 spiro atoms. The Kier molecular flexibility index (Phi) is 4.43. The number of hydrogen-bond donors (Lipinski definition) is 0. The van der Waals surface area contributed by atoms with Crippen LogP contribution >= 0.6 is 0 Å². The van der Waals surface area contributed by atoms with E-state index in [1.807, 2.05) is 0 Å². The van der Waals surface area contributed by atoms with E-state index >= 15 is 0 Å². The van der Waals surface area contributed by atoms with Gasteiger partial charge in [-0.15, -0.1) is 6.42 Å². The predicted molar refractivity (Wildman–Crippen MR) is 67.1 cm³/mol. The van der Waals surface area contributed by atoms with Crippen LogP contribution < -0.4 is 0 Å². The Morgan fingerprint density at radius 3 is 2.20 bits per heavy atom. The third-order valence-corrected chi connectivity index (χ3v) is 2.89. The van der Waals surface area contributed by atoms with Gasteiger partial charge in [-0.2, -0.15) is 0 Å². The molecule has 1 aromatic rings. The molecule has 0 radical (unpaired) electrons. The molecule has 1 rings (SSSR count). The number of terminal acetylenes is 1. The molecule has 0 nitrogen and oxygen atoms in total. The molecule has 0 saturated heterocycles. The molecule has 15 heavy (non-hydrogen) atoms. The molecule has 0 unspecified atom stereocenters. The van der Waals surface area contributed by atoms with E-state index in [0.717, 1.165) is 5.56 Å². The summed E-state index contributed by atoms with van der Waals surface area (Å²) in [7, 11) is 0. The lowest BCUT2D eigenvalue weighted by Gasteiger charge is -2.10. The van der Waals surface area contributed by atoms with Crippen molar-refractivity contribution in [3.8, 4) is 12.3 Å². The first-order valence-electron chi connectivity index (χ1n) is 5.75. The minimum atomic E-state index is 1.00. The lowest BCUT2D eigenvalue weighted by Crippen LogP contribution is -1.95. The van der Waals surface area contributed by atoms with Gasteiger partial charge >= 0.3 is 0 Å². The van der Waals surface area contributed by atoms with Gasteiger partial charge in [0, 0.05) is 5.56 Å². The second-order valence-electron chi connectivity index (χ2n) is 4.19. The maximum atomic E-state index is 5.41. The Morgan fingerprint density at radius 1 is 1.13 bits per heavy atom. The summed E-state index contributed by atoms with van der Waals surface area (Å²) in [5.74, 6) is 2.70. The highest BCUT2D eigenvalue weighted by atomic mass is 14.1. The molecule has 0 bridgehead atoms.